The van der Waals surface area contributed by atoms with Gasteiger partial charge in [-0.05, 0) is 18.2 Å². The highest BCUT2D eigenvalue weighted by molar-refractivity contribution is 8.09. The van der Waals surface area contributed by atoms with E-state index in [1.807, 2.05) is 0 Å². The van der Waals surface area contributed by atoms with Crippen molar-refractivity contribution in [2.24, 2.45) is 0 Å². The molecule has 0 aliphatic carbocycles. The van der Waals surface area contributed by atoms with E-state index in [-0.39, 0.29) is 0 Å². The Kier molecular flexibility index (Phi) is 2.90. The topological polar surface area (TPSA) is 21.3 Å². The predicted molar refractivity (Wildman–Crippen MR) is 60.1 cm³/mol. The van der Waals surface area contributed by atoms with Gasteiger partial charge in [-0.15, -0.1) is 11.8 Å². The van der Waals surface area contributed by atoms with Gasteiger partial charge in [-0.25, -0.2) is 0 Å². The van der Waals surface area contributed by atoms with Crippen LogP contribution in [0.5, 0.6) is 5.75 Å². The molecule has 0 unspecified atom stereocenters. The van der Waals surface area contributed by atoms with Gasteiger partial charge in [0.25, 0.3) is 0 Å². The lowest BCUT2D eigenvalue weighted by atomic mass is 10.2. The van der Waals surface area contributed by atoms with Crippen LogP contribution in [0.1, 0.15) is 0 Å². The van der Waals surface area contributed by atoms with Crippen LogP contribution in [0, 0.1) is 0 Å². The van der Waals surface area contributed by atoms with Crippen LogP contribution in [0.3, 0.4) is 0 Å². The molecule has 0 bridgehead atoms. The zero-order valence-corrected chi connectivity index (χ0v) is 8.83. The Morgan fingerprint density at radius 1 is 1.54 bits per heavy atom. The Bertz CT molecular complexity index is 304. The first-order chi connectivity index (χ1) is 6.40. The molecule has 0 fully saturated rings. The molecule has 0 aromatic heterocycles. The monoisotopic (exact) mass is 213 g/mol. The smallest absolute Gasteiger partial charge is 0.143 e. The van der Waals surface area contributed by atoms with Crippen molar-refractivity contribution in [2.75, 3.05) is 23.6 Å². The zero-order valence-electron chi connectivity index (χ0n) is 7.12. The fraction of sp³-hybridized carbons (Fsp3) is 0.333. The van der Waals surface area contributed by atoms with Crippen molar-refractivity contribution >= 4 is 30.1 Å². The van der Waals surface area contributed by atoms with Crippen LogP contribution in [-0.4, -0.2) is 18.2 Å². The van der Waals surface area contributed by atoms with Crippen LogP contribution in [0.4, 0.5) is 5.69 Å². The summed E-state index contributed by atoms with van der Waals surface area (Å²) in [5.41, 5.74) is 1.09. The molecule has 0 saturated carbocycles. The minimum absolute atomic E-state index is 0.752. The summed E-state index contributed by atoms with van der Waals surface area (Å²) in [6, 6.07) is 6.20. The van der Waals surface area contributed by atoms with Gasteiger partial charge in [0.1, 0.15) is 12.4 Å². The SMILES string of the molecule is SCSc1ccc2c(c1)OCCN2. The second-order valence-electron chi connectivity index (χ2n) is 2.71. The molecular formula is C9H11NOS2. The molecule has 4 heteroatoms. The summed E-state index contributed by atoms with van der Waals surface area (Å²) in [6.45, 7) is 1.65. The van der Waals surface area contributed by atoms with E-state index in [0.717, 1.165) is 29.7 Å². The van der Waals surface area contributed by atoms with E-state index in [4.69, 9.17) is 4.74 Å². The maximum atomic E-state index is 5.51. The molecule has 1 aliphatic rings. The summed E-state index contributed by atoms with van der Waals surface area (Å²) in [7, 11) is 0. The first kappa shape index (κ1) is 9.09. The van der Waals surface area contributed by atoms with Gasteiger partial charge in [0, 0.05) is 16.5 Å². The molecule has 0 amide bonds. The number of anilines is 1. The normalized spacial score (nSPS) is 14.2. The average Bonchev–Trinajstić information content (AvgIpc) is 2.18. The van der Waals surface area contributed by atoms with Crippen molar-refractivity contribution in [2.45, 2.75) is 4.90 Å². The van der Waals surface area contributed by atoms with E-state index < -0.39 is 0 Å². The van der Waals surface area contributed by atoms with Crippen molar-refractivity contribution in [3.63, 3.8) is 0 Å². The molecule has 0 atom stereocenters. The summed E-state index contributed by atoms with van der Waals surface area (Å²) in [5, 5.41) is 4.08. The van der Waals surface area contributed by atoms with E-state index in [1.165, 1.54) is 4.90 Å². The Hall–Kier alpha value is -0.480. The van der Waals surface area contributed by atoms with Gasteiger partial charge in [0.15, 0.2) is 0 Å². The van der Waals surface area contributed by atoms with Crippen LogP contribution in [0.2, 0.25) is 0 Å². The number of thioether (sulfide) groups is 1. The Labute approximate surface area is 87.5 Å². The maximum absolute atomic E-state index is 5.51. The third kappa shape index (κ3) is 2.06. The molecule has 70 valence electrons. The predicted octanol–water partition coefficient (Wildman–Crippen LogP) is 2.47. The first-order valence-corrected chi connectivity index (χ1v) is 5.76. The number of fused-ring (bicyclic) bond motifs is 1. The van der Waals surface area contributed by atoms with Gasteiger partial charge < -0.3 is 10.1 Å². The molecule has 1 N–H and O–H groups in total. The second-order valence-corrected chi connectivity index (χ2v) is 4.50. The summed E-state index contributed by atoms with van der Waals surface area (Å²) in [6.07, 6.45) is 0. The maximum Gasteiger partial charge on any atom is 0.143 e. The molecule has 0 saturated heterocycles. The molecule has 1 aromatic carbocycles. The van der Waals surface area contributed by atoms with Gasteiger partial charge in [0.2, 0.25) is 0 Å². The molecule has 0 spiro atoms. The molecule has 2 nitrogen and oxygen atoms in total. The Balaban J connectivity index is 2.24. The molecule has 2 rings (SSSR count). The number of rotatable bonds is 2. The van der Waals surface area contributed by atoms with Gasteiger partial charge in [-0.3, -0.25) is 0 Å². The highest BCUT2D eigenvalue weighted by Gasteiger charge is 2.09. The van der Waals surface area contributed by atoms with Crippen molar-refractivity contribution in [3.8, 4) is 5.75 Å². The van der Waals surface area contributed by atoms with E-state index >= 15 is 0 Å². The highest BCUT2D eigenvalue weighted by atomic mass is 32.2. The van der Waals surface area contributed by atoms with Crippen LogP contribution < -0.4 is 10.1 Å². The van der Waals surface area contributed by atoms with Gasteiger partial charge in [-0.1, -0.05) is 0 Å². The van der Waals surface area contributed by atoms with Crippen LogP contribution in [-0.2, 0) is 0 Å². The highest BCUT2D eigenvalue weighted by Crippen LogP contribution is 2.32. The van der Waals surface area contributed by atoms with Crippen molar-refractivity contribution in [1.29, 1.82) is 0 Å². The van der Waals surface area contributed by atoms with Gasteiger partial charge in [-0.2, -0.15) is 12.6 Å². The quantitative estimate of drug-likeness (QED) is 0.448. The van der Waals surface area contributed by atoms with Gasteiger partial charge >= 0.3 is 0 Å². The van der Waals surface area contributed by atoms with Crippen molar-refractivity contribution < 1.29 is 4.74 Å². The van der Waals surface area contributed by atoms with E-state index in [9.17, 15) is 0 Å². The Morgan fingerprint density at radius 2 is 2.46 bits per heavy atom. The number of hydrogen-bond acceptors (Lipinski definition) is 4. The zero-order chi connectivity index (χ0) is 9.10. The number of nitrogens with one attached hydrogen (secondary N) is 1. The largest absolute Gasteiger partial charge is 0.490 e. The lowest BCUT2D eigenvalue weighted by Gasteiger charge is -2.19. The van der Waals surface area contributed by atoms with Gasteiger partial charge in [0.05, 0.1) is 5.69 Å². The van der Waals surface area contributed by atoms with Crippen LogP contribution in [0.15, 0.2) is 23.1 Å². The molecule has 1 aromatic rings. The fourth-order valence-electron chi connectivity index (χ4n) is 1.28. The third-order valence-electron chi connectivity index (χ3n) is 1.86. The van der Waals surface area contributed by atoms with Crippen molar-refractivity contribution in [1.82, 2.24) is 0 Å². The van der Waals surface area contributed by atoms with Crippen LogP contribution in [0.25, 0.3) is 0 Å². The minimum Gasteiger partial charge on any atom is -0.490 e. The Morgan fingerprint density at radius 3 is 3.31 bits per heavy atom. The number of benzene rings is 1. The number of hydrogen-bond donors (Lipinski definition) is 2. The van der Waals surface area contributed by atoms with E-state index in [2.05, 4.69) is 36.1 Å². The van der Waals surface area contributed by atoms with Crippen LogP contribution >= 0.6 is 24.4 Å². The standard InChI is InChI=1S/C9H11NOS2/c12-6-13-7-1-2-8-9(5-7)11-4-3-10-8/h1-2,5,10,12H,3-4,6H2. The lowest BCUT2D eigenvalue weighted by Crippen LogP contribution is -2.17. The van der Waals surface area contributed by atoms with E-state index in [1.54, 1.807) is 11.8 Å². The first-order valence-electron chi connectivity index (χ1n) is 4.14. The second kappa shape index (κ2) is 4.15. The summed E-state index contributed by atoms with van der Waals surface area (Å²) in [4.78, 5) is 1.21. The third-order valence-corrected chi connectivity index (χ3v) is 2.96. The minimum atomic E-state index is 0.752. The lowest BCUT2D eigenvalue weighted by molar-refractivity contribution is 0.322. The molecular weight excluding hydrogens is 202 g/mol. The summed E-state index contributed by atoms with van der Waals surface area (Å²) >= 11 is 5.87. The average molecular weight is 213 g/mol. The van der Waals surface area contributed by atoms with E-state index in [0.29, 0.717) is 0 Å². The van der Waals surface area contributed by atoms with Crippen molar-refractivity contribution in [3.05, 3.63) is 18.2 Å². The number of ether oxygens (including phenoxy) is 1. The molecule has 13 heavy (non-hydrogen) atoms. The molecule has 1 heterocycles. The molecule has 0 radical (unpaired) electrons. The molecule has 1 aliphatic heterocycles. The fourth-order valence-corrected chi connectivity index (χ4v) is 2.23. The summed E-state index contributed by atoms with van der Waals surface area (Å²) < 4.78 is 5.51. The number of thiol groups is 1. The summed E-state index contributed by atoms with van der Waals surface area (Å²) in [5.74, 6) is 0.957.